The molecule has 0 saturated heterocycles. The number of amides is 2. The maximum atomic E-state index is 11.3. The van der Waals surface area contributed by atoms with E-state index < -0.39 is 12.0 Å². The molecule has 7 heteroatoms. The van der Waals surface area contributed by atoms with Gasteiger partial charge in [0.1, 0.15) is 12.4 Å². The maximum Gasteiger partial charge on any atom is 0.411 e. The van der Waals surface area contributed by atoms with Gasteiger partial charge in [0.05, 0.1) is 19.4 Å². The van der Waals surface area contributed by atoms with Crippen molar-refractivity contribution >= 4 is 17.7 Å². The summed E-state index contributed by atoms with van der Waals surface area (Å²) in [7, 11) is 1.42. The predicted molar refractivity (Wildman–Crippen MR) is 63.6 cm³/mol. The summed E-state index contributed by atoms with van der Waals surface area (Å²) < 4.78 is 9.64. The number of nitrogens with two attached hydrogens (primary N) is 1. The third-order valence-electron chi connectivity index (χ3n) is 2.05. The third-order valence-corrected chi connectivity index (χ3v) is 2.05. The van der Waals surface area contributed by atoms with Gasteiger partial charge in [0.15, 0.2) is 0 Å². The Bertz CT molecular complexity index is 447. The van der Waals surface area contributed by atoms with Crippen molar-refractivity contribution in [2.45, 2.75) is 0 Å². The highest BCUT2D eigenvalue weighted by molar-refractivity contribution is 5.96. The van der Waals surface area contributed by atoms with E-state index in [9.17, 15) is 9.59 Å². The zero-order valence-corrected chi connectivity index (χ0v) is 9.80. The molecule has 1 rings (SSSR count). The van der Waals surface area contributed by atoms with Crippen LogP contribution in [0.5, 0.6) is 5.75 Å². The van der Waals surface area contributed by atoms with Crippen LogP contribution in [0.15, 0.2) is 18.2 Å². The lowest BCUT2D eigenvalue weighted by atomic mass is 10.2. The molecule has 4 N–H and O–H groups in total. The lowest BCUT2D eigenvalue weighted by Crippen LogP contribution is -2.17. The fourth-order valence-corrected chi connectivity index (χ4v) is 1.24. The van der Waals surface area contributed by atoms with Crippen molar-refractivity contribution in [3.05, 3.63) is 23.8 Å². The molecule has 98 valence electrons. The van der Waals surface area contributed by atoms with Crippen LogP contribution in [-0.2, 0) is 4.74 Å². The van der Waals surface area contributed by atoms with Gasteiger partial charge in [-0.1, -0.05) is 0 Å². The number of nitrogens with one attached hydrogen (secondary N) is 1. The van der Waals surface area contributed by atoms with Crippen molar-refractivity contribution in [3.63, 3.8) is 0 Å². The number of aliphatic hydroxyl groups is 1. The second kappa shape index (κ2) is 6.45. The Morgan fingerprint density at radius 3 is 2.72 bits per heavy atom. The highest BCUT2D eigenvalue weighted by atomic mass is 16.6. The van der Waals surface area contributed by atoms with Crippen LogP contribution >= 0.6 is 0 Å². The quantitative estimate of drug-likeness (QED) is 0.701. The Hall–Kier alpha value is -2.28. The van der Waals surface area contributed by atoms with E-state index in [1.807, 2.05) is 0 Å². The molecule has 1 aromatic carbocycles. The van der Waals surface area contributed by atoms with Crippen molar-refractivity contribution < 1.29 is 24.2 Å². The fraction of sp³-hybridized carbons (Fsp3) is 0.273. The first-order chi connectivity index (χ1) is 8.58. The highest BCUT2D eigenvalue weighted by Gasteiger charge is 2.11. The Morgan fingerprint density at radius 2 is 2.17 bits per heavy atom. The molecule has 0 saturated carbocycles. The van der Waals surface area contributed by atoms with Crippen LogP contribution in [-0.4, -0.2) is 37.4 Å². The first-order valence-corrected chi connectivity index (χ1v) is 5.11. The lowest BCUT2D eigenvalue weighted by Gasteiger charge is -2.11. The van der Waals surface area contributed by atoms with E-state index in [-0.39, 0.29) is 24.5 Å². The van der Waals surface area contributed by atoms with Gasteiger partial charge in [0, 0.05) is 5.56 Å². The summed E-state index contributed by atoms with van der Waals surface area (Å²) in [5.74, 6) is -0.259. The fourth-order valence-electron chi connectivity index (χ4n) is 1.24. The standard InChI is InChI=1S/C11H14N2O5/c1-17-9-3-2-7(10(12)15)6-8(9)13-11(16)18-5-4-14/h2-3,6,14H,4-5H2,1H3,(H2,12,15)(H,13,16). The molecule has 0 heterocycles. The third kappa shape index (κ3) is 3.63. The second-order valence-corrected chi connectivity index (χ2v) is 3.26. The first kappa shape index (κ1) is 13.8. The zero-order chi connectivity index (χ0) is 13.5. The summed E-state index contributed by atoms with van der Waals surface area (Å²) >= 11 is 0. The number of hydrogen-bond acceptors (Lipinski definition) is 5. The van der Waals surface area contributed by atoms with E-state index in [0.717, 1.165) is 0 Å². The predicted octanol–water partition coefficient (Wildman–Crippen LogP) is 0.335. The van der Waals surface area contributed by atoms with E-state index in [1.165, 1.54) is 25.3 Å². The zero-order valence-electron chi connectivity index (χ0n) is 9.80. The van der Waals surface area contributed by atoms with E-state index >= 15 is 0 Å². The largest absolute Gasteiger partial charge is 0.495 e. The average Bonchev–Trinajstić information content (AvgIpc) is 2.36. The number of carbonyl (C=O) groups is 2. The number of anilines is 1. The molecule has 1 aromatic rings. The van der Waals surface area contributed by atoms with Gasteiger partial charge in [-0.05, 0) is 18.2 Å². The molecule has 2 amide bonds. The topological polar surface area (TPSA) is 111 Å². The highest BCUT2D eigenvalue weighted by Crippen LogP contribution is 2.25. The molecule has 0 spiro atoms. The summed E-state index contributed by atoms with van der Waals surface area (Å²) in [5, 5.41) is 10.9. The summed E-state index contributed by atoms with van der Waals surface area (Å²) in [5.41, 5.74) is 5.62. The Balaban J connectivity index is 2.87. The molecular formula is C11H14N2O5. The summed E-state index contributed by atoms with van der Waals surface area (Å²) in [6.45, 7) is -0.393. The maximum absolute atomic E-state index is 11.3. The molecule has 0 unspecified atom stereocenters. The van der Waals surface area contributed by atoms with Crippen LogP contribution in [0.3, 0.4) is 0 Å². The SMILES string of the molecule is COc1ccc(C(N)=O)cc1NC(=O)OCCO. The van der Waals surface area contributed by atoms with Crippen LogP contribution < -0.4 is 15.8 Å². The second-order valence-electron chi connectivity index (χ2n) is 3.26. The van der Waals surface area contributed by atoms with E-state index in [1.54, 1.807) is 0 Å². The van der Waals surface area contributed by atoms with E-state index in [2.05, 4.69) is 10.1 Å². The summed E-state index contributed by atoms with van der Waals surface area (Å²) in [6, 6.07) is 4.36. The van der Waals surface area contributed by atoms with Crippen molar-refractivity contribution in [1.82, 2.24) is 0 Å². The normalized spacial score (nSPS) is 9.67. The van der Waals surface area contributed by atoms with E-state index in [4.69, 9.17) is 15.6 Å². The van der Waals surface area contributed by atoms with Gasteiger partial charge < -0.3 is 20.3 Å². The molecule has 0 fully saturated rings. The van der Waals surface area contributed by atoms with Crippen molar-refractivity contribution in [2.24, 2.45) is 5.73 Å². The Morgan fingerprint density at radius 1 is 1.44 bits per heavy atom. The van der Waals surface area contributed by atoms with Gasteiger partial charge in [0.2, 0.25) is 5.91 Å². The number of primary amides is 1. The van der Waals surface area contributed by atoms with E-state index in [0.29, 0.717) is 5.75 Å². The van der Waals surface area contributed by atoms with Crippen LogP contribution in [0.4, 0.5) is 10.5 Å². The number of ether oxygens (including phenoxy) is 2. The molecule has 0 atom stereocenters. The summed E-state index contributed by atoms with van der Waals surface area (Å²) in [6.07, 6.45) is -0.760. The van der Waals surface area contributed by atoms with Crippen LogP contribution in [0.1, 0.15) is 10.4 Å². The molecule has 0 aliphatic carbocycles. The van der Waals surface area contributed by atoms with Crippen LogP contribution in [0.2, 0.25) is 0 Å². The van der Waals surface area contributed by atoms with Gasteiger partial charge in [-0.2, -0.15) is 0 Å². The minimum atomic E-state index is -0.760. The minimum absolute atomic E-state index is 0.121. The van der Waals surface area contributed by atoms with Gasteiger partial charge in [-0.3, -0.25) is 10.1 Å². The number of rotatable bonds is 5. The number of hydrogen-bond donors (Lipinski definition) is 3. The Kier molecular flexibility index (Phi) is 4.94. The molecule has 0 bridgehead atoms. The van der Waals surface area contributed by atoms with Crippen molar-refractivity contribution in [1.29, 1.82) is 0 Å². The monoisotopic (exact) mass is 254 g/mol. The van der Waals surface area contributed by atoms with Gasteiger partial charge >= 0.3 is 6.09 Å². The molecule has 0 radical (unpaired) electrons. The number of carbonyl (C=O) groups excluding carboxylic acids is 2. The average molecular weight is 254 g/mol. The number of methoxy groups -OCH3 is 1. The van der Waals surface area contributed by atoms with Gasteiger partial charge in [-0.25, -0.2) is 4.79 Å². The molecule has 0 aliphatic heterocycles. The number of benzene rings is 1. The lowest BCUT2D eigenvalue weighted by molar-refractivity contribution is 0.1000. The molecule has 0 aromatic heterocycles. The smallest absolute Gasteiger partial charge is 0.411 e. The molecule has 0 aliphatic rings. The molecule has 7 nitrogen and oxygen atoms in total. The van der Waals surface area contributed by atoms with Crippen LogP contribution in [0.25, 0.3) is 0 Å². The molecule has 18 heavy (non-hydrogen) atoms. The van der Waals surface area contributed by atoms with Crippen molar-refractivity contribution in [2.75, 3.05) is 25.6 Å². The van der Waals surface area contributed by atoms with Crippen molar-refractivity contribution in [3.8, 4) is 5.75 Å². The van der Waals surface area contributed by atoms with Gasteiger partial charge in [0.25, 0.3) is 0 Å². The van der Waals surface area contributed by atoms with Gasteiger partial charge in [-0.15, -0.1) is 0 Å². The minimum Gasteiger partial charge on any atom is -0.495 e. The summed E-state index contributed by atoms with van der Waals surface area (Å²) in [4.78, 5) is 22.3. The Labute approximate surface area is 103 Å². The molecular weight excluding hydrogens is 240 g/mol. The number of aliphatic hydroxyl groups excluding tert-OH is 1. The first-order valence-electron chi connectivity index (χ1n) is 5.11. The van der Waals surface area contributed by atoms with Crippen LogP contribution in [0, 0.1) is 0 Å².